The Hall–Kier alpha value is -0.530. The molecule has 4 rings (SSSR count). The van der Waals surface area contributed by atoms with E-state index in [-0.39, 0.29) is 10.9 Å². The van der Waals surface area contributed by atoms with Crippen LogP contribution in [0.3, 0.4) is 0 Å². The molecule has 0 saturated carbocycles. The van der Waals surface area contributed by atoms with Crippen LogP contribution < -0.4 is 0 Å². The normalized spacial score (nSPS) is 16.0. The van der Waals surface area contributed by atoms with E-state index in [0.717, 1.165) is 6.42 Å². The maximum absolute atomic E-state index is 2.41. The lowest BCUT2D eigenvalue weighted by Crippen LogP contribution is -2.15. The van der Waals surface area contributed by atoms with Crippen LogP contribution in [0.1, 0.15) is 11.1 Å². The number of rotatable bonds is 1. The van der Waals surface area contributed by atoms with E-state index in [9.17, 15) is 0 Å². The molecule has 3 aromatic rings. The van der Waals surface area contributed by atoms with Crippen molar-refractivity contribution in [3.63, 3.8) is 0 Å². The van der Waals surface area contributed by atoms with Crippen molar-refractivity contribution in [2.24, 2.45) is 0 Å². The van der Waals surface area contributed by atoms with E-state index in [2.05, 4.69) is 112 Å². The molecule has 0 spiro atoms. The SMILES string of the molecule is Ic1ccc([S+]2c3ccccc3Cc3cc(I)ccc32)cc1. The second kappa shape index (κ2) is 6.17. The molecule has 1 heterocycles. The van der Waals surface area contributed by atoms with Gasteiger partial charge in [-0.25, -0.2) is 0 Å². The first kappa shape index (κ1) is 15.0. The molecule has 0 nitrogen and oxygen atoms in total. The standard InChI is InChI=1S/C19H13I2S/c20-15-5-8-17(9-6-15)22-18-4-2-1-3-13(18)11-14-12-16(21)7-10-19(14)22/h1-10,12H,11H2/q+1. The van der Waals surface area contributed by atoms with Crippen molar-refractivity contribution in [1.82, 2.24) is 0 Å². The van der Waals surface area contributed by atoms with Gasteiger partial charge in [-0.05, 0) is 93.7 Å². The molecule has 0 bridgehead atoms. The van der Waals surface area contributed by atoms with Gasteiger partial charge in [-0.3, -0.25) is 0 Å². The summed E-state index contributed by atoms with van der Waals surface area (Å²) in [5.74, 6) is 0. The van der Waals surface area contributed by atoms with E-state index in [1.165, 1.54) is 33.0 Å². The zero-order valence-corrected chi connectivity index (χ0v) is 16.9. The minimum atomic E-state index is 0.0189. The van der Waals surface area contributed by atoms with E-state index in [1.54, 1.807) is 0 Å². The van der Waals surface area contributed by atoms with Crippen LogP contribution in [0.2, 0.25) is 0 Å². The molecule has 3 aromatic carbocycles. The molecule has 1 aliphatic rings. The largest absolute Gasteiger partial charge is 0.170 e. The van der Waals surface area contributed by atoms with Crippen LogP contribution in [0.5, 0.6) is 0 Å². The lowest BCUT2D eigenvalue weighted by atomic mass is 10.0. The minimum Gasteiger partial charge on any atom is -0.0616 e. The molecule has 0 aliphatic carbocycles. The average molecular weight is 527 g/mol. The number of halogens is 2. The predicted octanol–water partition coefficient (Wildman–Crippen LogP) is 5.90. The third kappa shape index (κ3) is 2.71. The zero-order valence-electron chi connectivity index (χ0n) is 11.7. The smallest absolute Gasteiger partial charge is 0.0616 e. The molecule has 0 amide bonds. The van der Waals surface area contributed by atoms with Gasteiger partial charge >= 0.3 is 0 Å². The average Bonchev–Trinajstić information content (AvgIpc) is 2.53. The Balaban J connectivity index is 1.95. The fourth-order valence-corrected chi connectivity index (χ4v) is 6.17. The van der Waals surface area contributed by atoms with Crippen LogP contribution in [0.4, 0.5) is 0 Å². The molecular weight excluding hydrogens is 514 g/mol. The van der Waals surface area contributed by atoms with Gasteiger partial charge in [0.2, 0.25) is 0 Å². The highest BCUT2D eigenvalue weighted by Gasteiger charge is 2.37. The van der Waals surface area contributed by atoms with Crippen molar-refractivity contribution < 1.29 is 0 Å². The Morgan fingerprint density at radius 3 is 2.18 bits per heavy atom. The molecule has 1 unspecified atom stereocenters. The van der Waals surface area contributed by atoms with E-state index in [4.69, 9.17) is 0 Å². The van der Waals surface area contributed by atoms with Crippen molar-refractivity contribution in [3.8, 4) is 0 Å². The molecule has 0 fully saturated rings. The highest BCUT2D eigenvalue weighted by molar-refractivity contribution is 14.1. The summed E-state index contributed by atoms with van der Waals surface area (Å²) in [5, 5.41) is 0. The second-order valence-electron chi connectivity index (χ2n) is 5.30. The molecule has 0 aromatic heterocycles. The summed E-state index contributed by atoms with van der Waals surface area (Å²) in [4.78, 5) is 4.38. The molecular formula is C19H13I2S+. The van der Waals surface area contributed by atoms with Gasteiger partial charge in [-0.1, -0.05) is 18.2 Å². The molecule has 0 radical (unpaired) electrons. The van der Waals surface area contributed by atoms with Crippen molar-refractivity contribution in [3.05, 3.63) is 85.0 Å². The topological polar surface area (TPSA) is 0 Å². The highest BCUT2D eigenvalue weighted by atomic mass is 127. The molecule has 3 heteroatoms. The lowest BCUT2D eigenvalue weighted by molar-refractivity contribution is 1.03. The van der Waals surface area contributed by atoms with Crippen LogP contribution >= 0.6 is 45.2 Å². The van der Waals surface area contributed by atoms with E-state index in [0.29, 0.717) is 0 Å². The Kier molecular flexibility index (Phi) is 4.21. The minimum absolute atomic E-state index is 0.0189. The van der Waals surface area contributed by atoms with Gasteiger partial charge in [0, 0.05) is 24.7 Å². The summed E-state index contributed by atoms with van der Waals surface area (Å²) in [7, 11) is 0.0189. The zero-order chi connectivity index (χ0) is 15.1. The van der Waals surface area contributed by atoms with Crippen molar-refractivity contribution in [2.75, 3.05) is 0 Å². The van der Waals surface area contributed by atoms with Gasteiger partial charge < -0.3 is 0 Å². The first-order chi connectivity index (χ1) is 10.7. The van der Waals surface area contributed by atoms with E-state index in [1.807, 2.05) is 0 Å². The highest BCUT2D eigenvalue weighted by Crippen LogP contribution is 2.40. The summed E-state index contributed by atoms with van der Waals surface area (Å²) >= 11 is 4.79. The number of fused-ring (bicyclic) bond motifs is 2. The van der Waals surface area contributed by atoms with Crippen molar-refractivity contribution >= 4 is 56.1 Å². The van der Waals surface area contributed by atoms with Crippen LogP contribution in [0.25, 0.3) is 0 Å². The van der Waals surface area contributed by atoms with E-state index < -0.39 is 0 Å². The van der Waals surface area contributed by atoms with Gasteiger partial charge in [0.1, 0.15) is 0 Å². The first-order valence-corrected chi connectivity index (χ1v) is 10.5. The Labute approximate surface area is 161 Å². The maximum Gasteiger partial charge on any atom is 0.170 e. The maximum atomic E-state index is 2.41. The number of hydrogen-bond acceptors (Lipinski definition) is 0. The fraction of sp³-hybridized carbons (Fsp3) is 0.0526. The fourth-order valence-electron chi connectivity index (χ4n) is 2.88. The Bertz CT molecular complexity index is 840. The summed E-state index contributed by atoms with van der Waals surface area (Å²) in [6.45, 7) is 0. The first-order valence-electron chi connectivity index (χ1n) is 7.08. The molecule has 0 saturated heterocycles. The molecule has 1 aliphatic heterocycles. The molecule has 22 heavy (non-hydrogen) atoms. The summed E-state index contributed by atoms with van der Waals surface area (Å²) < 4.78 is 2.61. The van der Waals surface area contributed by atoms with Crippen LogP contribution in [-0.2, 0) is 17.3 Å². The quantitative estimate of drug-likeness (QED) is 0.214. The Morgan fingerprint density at radius 2 is 1.36 bits per heavy atom. The third-order valence-corrected chi connectivity index (χ3v) is 7.68. The Morgan fingerprint density at radius 1 is 0.682 bits per heavy atom. The molecule has 108 valence electrons. The van der Waals surface area contributed by atoms with Gasteiger partial charge in [-0.15, -0.1) is 0 Å². The third-order valence-electron chi connectivity index (χ3n) is 3.87. The predicted molar refractivity (Wildman–Crippen MR) is 110 cm³/mol. The lowest BCUT2D eigenvalue weighted by Gasteiger charge is -2.19. The van der Waals surface area contributed by atoms with Crippen molar-refractivity contribution in [1.29, 1.82) is 0 Å². The van der Waals surface area contributed by atoms with Crippen LogP contribution in [-0.4, -0.2) is 0 Å². The monoisotopic (exact) mass is 527 g/mol. The summed E-state index contributed by atoms with van der Waals surface area (Å²) in [6, 6.07) is 24.8. The molecule has 0 N–H and O–H groups in total. The second-order valence-corrected chi connectivity index (χ2v) is 9.75. The van der Waals surface area contributed by atoms with Crippen LogP contribution in [0, 0.1) is 7.14 Å². The number of benzene rings is 3. The van der Waals surface area contributed by atoms with Gasteiger partial charge in [-0.2, -0.15) is 0 Å². The van der Waals surface area contributed by atoms with Gasteiger partial charge in [0.15, 0.2) is 14.7 Å². The molecule has 1 atom stereocenters. The van der Waals surface area contributed by atoms with Crippen LogP contribution in [0.15, 0.2) is 81.4 Å². The van der Waals surface area contributed by atoms with Gasteiger partial charge in [0.25, 0.3) is 0 Å². The van der Waals surface area contributed by atoms with E-state index >= 15 is 0 Å². The summed E-state index contributed by atoms with van der Waals surface area (Å²) in [5.41, 5.74) is 2.95. The van der Waals surface area contributed by atoms with Crippen molar-refractivity contribution in [2.45, 2.75) is 21.1 Å². The number of hydrogen-bond donors (Lipinski definition) is 0. The van der Waals surface area contributed by atoms with Gasteiger partial charge in [0.05, 0.1) is 10.9 Å². The summed E-state index contributed by atoms with van der Waals surface area (Å²) in [6.07, 6.45) is 1.05.